The van der Waals surface area contributed by atoms with Crippen LogP contribution in [0.2, 0.25) is 0 Å². The maximum atomic E-state index is 12.4. The minimum absolute atomic E-state index is 0.222. The van der Waals surface area contributed by atoms with Gasteiger partial charge in [0.05, 0.1) is 0 Å². The van der Waals surface area contributed by atoms with Crippen LogP contribution in [0.5, 0.6) is 0 Å². The number of primary amides is 1. The molecule has 20 heavy (non-hydrogen) atoms. The maximum absolute atomic E-state index is 12.4. The number of halogens is 3. The Balaban J connectivity index is 2.31. The predicted octanol–water partition coefficient (Wildman–Crippen LogP) is 0.758. The monoisotopic (exact) mass is 287 g/mol. The summed E-state index contributed by atoms with van der Waals surface area (Å²) in [6, 6.07) is 2.05. The van der Waals surface area contributed by atoms with E-state index < -0.39 is 35.5 Å². The van der Waals surface area contributed by atoms with E-state index in [1.165, 1.54) is 18.0 Å². The summed E-state index contributed by atoms with van der Waals surface area (Å²) >= 11 is 0. The Morgan fingerprint density at radius 3 is 2.55 bits per heavy atom. The zero-order chi connectivity index (χ0) is 15.1. The molecule has 0 bridgehead atoms. The first-order valence-corrected chi connectivity index (χ1v) is 5.79. The van der Waals surface area contributed by atoms with Crippen molar-refractivity contribution >= 4 is 11.8 Å². The van der Waals surface area contributed by atoms with Crippen molar-refractivity contribution in [1.29, 1.82) is 0 Å². The molecule has 0 radical (unpaired) electrons. The van der Waals surface area contributed by atoms with E-state index in [0.717, 1.165) is 12.3 Å². The zero-order valence-corrected chi connectivity index (χ0v) is 10.5. The second kappa shape index (κ2) is 4.77. The molecule has 8 heteroatoms. The number of carbonyl (C=O) groups excluding carboxylic acids is 2. The van der Waals surface area contributed by atoms with Crippen molar-refractivity contribution in [3.63, 3.8) is 0 Å². The lowest BCUT2D eigenvalue weighted by atomic mass is 9.89. The molecule has 1 saturated heterocycles. The number of hydrogen-bond donors (Lipinski definition) is 1. The molecule has 108 valence electrons. The van der Waals surface area contributed by atoms with Crippen LogP contribution in [0.25, 0.3) is 0 Å². The summed E-state index contributed by atoms with van der Waals surface area (Å²) in [4.78, 5) is 27.8. The Labute approximate surface area is 112 Å². The number of rotatable bonds is 2. The molecule has 2 N–H and O–H groups in total. The first kappa shape index (κ1) is 14.3. The second-order valence-electron chi connectivity index (χ2n) is 4.68. The number of nitrogens with two attached hydrogens (primary N) is 1. The Morgan fingerprint density at radius 1 is 1.45 bits per heavy atom. The maximum Gasteiger partial charge on any atom is 0.433 e. The van der Waals surface area contributed by atoms with Gasteiger partial charge in [0.25, 0.3) is 0 Å². The summed E-state index contributed by atoms with van der Waals surface area (Å²) in [6.07, 6.45) is -3.49. The number of pyridine rings is 1. The summed E-state index contributed by atoms with van der Waals surface area (Å²) < 4.78 is 37.3. The van der Waals surface area contributed by atoms with Crippen LogP contribution in [0.1, 0.15) is 17.2 Å². The predicted molar refractivity (Wildman–Crippen MR) is 62.3 cm³/mol. The number of aromatic nitrogens is 1. The molecule has 2 amide bonds. The normalized spacial score (nSPS) is 23.2. The Bertz CT molecular complexity index is 542. The summed E-state index contributed by atoms with van der Waals surface area (Å²) in [5.41, 5.74) is 4.56. The fourth-order valence-corrected chi connectivity index (χ4v) is 2.31. The third kappa shape index (κ3) is 2.45. The summed E-state index contributed by atoms with van der Waals surface area (Å²) in [5, 5.41) is 0. The lowest BCUT2D eigenvalue weighted by molar-refractivity contribution is -0.141. The van der Waals surface area contributed by atoms with Crippen molar-refractivity contribution < 1.29 is 22.8 Å². The van der Waals surface area contributed by atoms with Gasteiger partial charge in [-0.15, -0.1) is 0 Å². The van der Waals surface area contributed by atoms with E-state index >= 15 is 0 Å². The first-order chi connectivity index (χ1) is 9.21. The zero-order valence-electron chi connectivity index (χ0n) is 10.5. The first-order valence-electron chi connectivity index (χ1n) is 5.79. The molecule has 1 aliphatic heterocycles. The number of amides is 2. The van der Waals surface area contributed by atoms with Crippen LogP contribution in [-0.4, -0.2) is 35.3 Å². The SMILES string of the molecule is CN1CC(c2ccc(C(F)(F)F)nc2)C(C(N)=O)C1=O. The van der Waals surface area contributed by atoms with Crippen LogP contribution >= 0.6 is 0 Å². The van der Waals surface area contributed by atoms with Gasteiger partial charge in [0.2, 0.25) is 11.8 Å². The fourth-order valence-electron chi connectivity index (χ4n) is 2.31. The number of likely N-dealkylation sites (tertiary alicyclic amines) is 1. The molecule has 1 aromatic heterocycles. The lowest BCUT2D eigenvalue weighted by Crippen LogP contribution is -2.33. The van der Waals surface area contributed by atoms with Crippen molar-refractivity contribution in [3.05, 3.63) is 29.6 Å². The summed E-state index contributed by atoms with van der Waals surface area (Å²) in [6.45, 7) is 0.222. The molecule has 1 aliphatic rings. The van der Waals surface area contributed by atoms with Gasteiger partial charge in [-0.2, -0.15) is 13.2 Å². The topological polar surface area (TPSA) is 76.3 Å². The van der Waals surface area contributed by atoms with Crippen molar-refractivity contribution in [1.82, 2.24) is 9.88 Å². The molecule has 5 nitrogen and oxygen atoms in total. The van der Waals surface area contributed by atoms with E-state index in [9.17, 15) is 22.8 Å². The number of carbonyl (C=O) groups is 2. The van der Waals surface area contributed by atoms with Crippen LogP contribution in [-0.2, 0) is 15.8 Å². The third-order valence-corrected chi connectivity index (χ3v) is 3.33. The highest BCUT2D eigenvalue weighted by atomic mass is 19.4. The molecular weight excluding hydrogens is 275 g/mol. The van der Waals surface area contributed by atoms with E-state index in [1.54, 1.807) is 0 Å². The van der Waals surface area contributed by atoms with Crippen molar-refractivity contribution in [3.8, 4) is 0 Å². The third-order valence-electron chi connectivity index (χ3n) is 3.33. The highest BCUT2D eigenvalue weighted by Gasteiger charge is 2.43. The minimum atomic E-state index is -4.52. The van der Waals surface area contributed by atoms with Crippen LogP contribution < -0.4 is 5.73 Å². The number of nitrogens with zero attached hydrogens (tertiary/aromatic N) is 2. The molecule has 0 saturated carbocycles. The Kier molecular flexibility index (Phi) is 3.41. The highest BCUT2D eigenvalue weighted by Crippen LogP contribution is 2.34. The lowest BCUT2D eigenvalue weighted by Gasteiger charge is -2.14. The van der Waals surface area contributed by atoms with Gasteiger partial charge in [-0.05, 0) is 11.6 Å². The van der Waals surface area contributed by atoms with Gasteiger partial charge in [-0.25, -0.2) is 0 Å². The van der Waals surface area contributed by atoms with Crippen molar-refractivity contribution in [2.45, 2.75) is 12.1 Å². The quantitative estimate of drug-likeness (QED) is 0.816. The molecule has 2 rings (SSSR count). The van der Waals surface area contributed by atoms with Crippen LogP contribution in [0.3, 0.4) is 0 Å². The van der Waals surface area contributed by atoms with Gasteiger partial charge in [0.1, 0.15) is 11.6 Å². The number of hydrogen-bond acceptors (Lipinski definition) is 3. The molecule has 1 aromatic rings. The number of likely N-dealkylation sites (N-methyl/N-ethyl adjacent to an activating group) is 1. The van der Waals surface area contributed by atoms with Gasteiger partial charge in [0, 0.05) is 25.7 Å². The van der Waals surface area contributed by atoms with Gasteiger partial charge in [-0.3, -0.25) is 14.6 Å². The smallest absolute Gasteiger partial charge is 0.369 e. The van der Waals surface area contributed by atoms with Gasteiger partial charge in [-0.1, -0.05) is 6.07 Å². The molecule has 0 aliphatic carbocycles. The van der Waals surface area contributed by atoms with Gasteiger partial charge < -0.3 is 10.6 Å². The van der Waals surface area contributed by atoms with Crippen molar-refractivity contribution in [2.24, 2.45) is 11.7 Å². The van der Waals surface area contributed by atoms with Crippen LogP contribution in [0, 0.1) is 5.92 Å². The molecule has 1 fully saturated rings. The van der Waals surface area contributed by atoms with Crippen LogP contribution in [0.4, 0.5) is 13.2 Å². The van der Waals surface area contributed by atoms with Gasteiger partial charge >= 0.3 is 6.18 Å². The Morgan fingerprint density at radius 2 is 2.10 bits per heavy atom. The highest BCUT2D eigenvalue weighted by molar-refractivity contribution is 6.02. The number of alkyl halides is 3. The van der Waals surface area contributed by atoms with E-state index in [4.69, 9.17) is 5.73 Å². The van der Waals surface area contributed by atoms with Crippen molar-refractivity contribution in [2.75, 3.05) is 13.6 Å². The van der Waals surface area contributed by atoms with E-state index in [2.05, 4.69) is 4.98 Å². The molecule has 2 heterocycles. The molecule has 0 spiro atoms. The Hall–Kier alpha value is -2.12. The average molecular weight is 287 g/mol. The standard InChI is InChI=1S/C12H12F3N3O2/c1-18-5-7(9(10(16)19)11(18)20)6-2-3-8(17-4-6)12(13,14)15/h2-4,7,9H,5H2,1H3,(H2,16,19). The molecule has 0 aromatic carbocycles. The van der Waals surface area contributed by atoms with E-state index in [0.29, 0.717) is 5.56 Å². The minimum Gasteiger partial charge on any atom is -0.369 e. The average Bonchev–Trinajstić information content (AvgIpc) is 2.65. The van der Waals surface area contributed by atoms with E-state index in [1.807, 2.05) is 0 Å². The van der Waals surface area contributed by atoms with E-state index in [-0.39, 0.29) is 6.54 Å². The molecular formula is C12H12F3N3O2. The van der Waals surface area contributed by atoms with Gasteiger partial charge in [0.15, 0.2) is 0 Å². The molecule has 2 unspecified atom stereocenters. The second-order valence-corrected chi connectivity index (χ2v) is 4.68. The van der Waals surface area contributed by atoms with Crippen LogP contribution in [0.15, 0.2) is 18.3 Å². The summed E-state index contributed by atoms with van der Waals surface area (Å²) in [5.74, 6) is -2.84. The molecule has 2 atom stereocenters. The fraction of sp³-hybridized carbons (Fsp3) is 0.417. The summed E-state index contributed by atoms with van der Waals surface area (Å²) in [7, 11) is 1.51. The largest absolute Gasteiger partial charge is 0.433 e.